The van der Waals surface area contributed by atoms with Crippen LogP contribution in [0, 0.1) is 5.92 Å². The third-order valence-corrected chi connectivity index (χ3v) is 2.92. The van der Waals surface area contributed by atoms with E-state index in [1.54, 1.807) is 0 Å². The number of rotatable bonds is 7. The van der Waals surface area contributed by atoms with Gasteiger partial charge in [0.1, 0.15) is 0 Å². The molecule has 0 aromatic heterocycles. The number of hydrogen-bond donors (Lipinski definition) is 0. The lowest BCUT2D eigenvalue weighted by atomic mass is 10.2. The fourth-order valence-electron chi connectivity index (χ4n) is 1.75. The normalized spacial score (nSPS) is 16.6. The largest absolute Gasteiger partial charge is 0.466 e. The predicted molar refractivity (Wildman–Crippen MR) is 65.2 cm³/mol. The summed E-state index contributed by atoms with van der Waals surface area (Å²) in [6, 6.07) is 0. The van der Waals surface area contributed by atoms with Gasteiger partial charge in [-0.1, -0.05) is 13.0 Å². The number of carbonyl (C=O) groups excluding carboxylic acids is 1. The molecule has 0 radical (unpaired) electrons. The first kappa shape index (κ1) is 13.2. The van der Waals surface area contributed by atoms with E-state index in [4.69, 9.17) is 0 Å². The standard InChI is InChI=1S/C13H23NO2/c1-4-8-14(10-12-5-6-12)9-7-11(2)13(15)16-3/h7,12H,4-6,8-10H2,1-3H3. The number of methoxy groups -OCH3 is 1. The molecule has 1 aliphatic rings. The molecule has 0 amide bonds. The molecular weight excluding hydrogens is 202 g/mol. The molecule has 0 heterocycles. The van der Waals surface area contributed by atoms with E-state index in [1.807, 2.05) is 13.0 Å². The minimum absolute atomic E-state index is 0.220. The first-order valence-corrected chi connectivity index (χ1v) is 6.14. The zero-order chi connectivity index (χ0) is 12.0. The van der Waals surface area contributed by atoms with Crippen molar-refractivity contribution >= 4 is 5.97 Å². The van der Waals surface area contributed by atoms with Crippen LogP contribution in [-0.2, 0) is 9.53 Å². The molecule has 1 rings (SSSR count). The van der Waals surface area contributed by atoms with Crippen molar-refractivity contribution in [3.63, 3.8) is 0 Å². The Labute approximate surface area is 98.5 Å². The summed E-state index contributed by atoms with van der Waals surface area (Å²) in [5.41, 5.74) is 0.708. The van der Waals surface area contributed by atoms with Gasteiger partial charge in [0.05, 0.1) is 7.11 Å². The van der Waals surface area contributed by atoms with Crippen LogP contribution in [0.3, 0.4) is 0 Å². The summed E-state index contributed by atoms with van der Waals surface area (Å²) in [6.45, 7) is 7.16. The van der Waals surface area contributed by atoms with Crippen LogP contribution in [0.25, 0.3) is 0 Å². The van der Waals surface area contributed by atoms with Crippen LogP contribution in [0.2, 0.25) is 0 Å². The smallest absolute Gasteiger partial charge is 0.333 e. The molecule has 92 valence electrons. The van der Waals surface area contributed by atoms with Crippen molar-refractivity contribution in [2.75, 3.05) is 26.7 Å². The molecule has 1 aliphatic carbocycles. The monoisotopic (exact) mass is 225 g/mol. The Morgan fingerprint density at radius 2 is 2.19 bits per heavy atom. The Morgan fingerprint density at radius 1 is 1.50 bits per heavy atom. The van der Waals surface area contributed by atoms with E-state index in [0.717, 1.165) is 25.4 Å². The molecule has 0 aromatic carbocycles. The van der Waals surface area contributed by atoms with E-state index >= 15 is 0 Å². The molecule has 0 bridgehead atoms. The highest BCUT2D eigenvalue weighted by Crippen LogP contribution is 2.29. The topological polar surface area (TPSA) is 29.5 Å². The fourth-order valence-corrected chi connectivity index (χ4v) is 1.75. The van der Waals surface area contributed by atoms with Gasteiger partial charge in [-0.05, 0) is 38.6 Å². The molecule has 1 saturated carbocycles. The molecule has 16 heavy (non-hydrogen) atoms. The van der Waals surface area contributed by atoms with Crippen LogP contribution < -0.4 is 0 Å². The summed E-state index contributed by atoms with van der Waals surface area (Å²) in [6.07, 6.45) is 5.89. The molecule has 0 aliphatic heterocycles. The molecule has 1 fully saturated rings. The van der Waals surface area contributed by atoms with Gasteiger partial charge in [-0.2, -0.15) is 0 Å². The van der Waals surface area contributed by atoms with Crippen LogP contribution >= 0.6 is 0 Å². The minimum atomic E-state index is -0.220. The predicted octanol–water partition coefficient (Wildman–Crippen LogP) is 2.23. The summed E-state index contributed by atoms with van der Waals surface area (Å²) in [7, 11) is 1.42. The zero-order valence-electron chi connectivity index (χ0n) is 10.7. The van der Waals surface area contributed by atoms with Gasteiger partial charge in [-0.3, -0.25) is 4.90 Å². The Balaban J connectivity index is 2.37. The highest BCUT2D eigenvalue weighted by Gasteiger charge is 2.23. The molecule has 3 nitrogen and oxygen atoms in total. The Hall–Kier alpha value is -0.830. The molecule has 0 atom stereocenters. The second-order valence-electron chi connectivity index (χ2n) is 4.58. The quantitative estimate of drug-likeness (QED) is 0.491. The lowest BCUT2D eigenvalue weighted by molar-refractivity contribution is -0.136. The fraction of sp³-hybridized carbons (Fsp3) is 0.769. The number of hydrogen-bond acceptors (Lipinski definition) is 3. The molecule has 0 spiro atoms. The number of ether oxygens (including phenoxy) is 1. The van der Waals surface area contributed by atoms with Crippen molar-refractivity contribution < 1.29 is 9.53 Å². The molecule has 0 N–H and O–H groups in total. The van der Waals surface area contributed by atoms with Crippen molar-refractivity contribution in [1.82, 2.24) is 4.90 Å². The lowest BCUT2D eigenvalue weighted by Gasteiger charge is -2.19. The molecule has 0 saturated heterocycles. The van der Waals surface area contributed by atoms with Gasteiger partial charge in [-0.25, -0.2) is 4.79 Å². The van der Waals surface area contributed by atoms with Gasteiger partial charge >= 0.3 is 5.97 Å². The molecule has 0 unspecified atom stereocenters. The van der Waals surface area contributed by atoms with Gasteiger partial charge in [-0.15, -0.1) is 0 Å². The molecule has 3 heteroatoms. The average molecular weight is 225 g/mol. The Kier molecular flexibility index (Phi) is 5.53. The third kappa shape index (κ3) is 4.79. The summed E-state index contributed by atoms with van der Waals surface area (Å²) in [4.78, 5) is 13.6. The minimum Gasteiger partial charge on any atom is -0.466 e. The van der Waals surface area contributed by atoms with Crippen molar-refractivity contribution in [2.24, 2.45) is 5.92 Å². The summed E-state index contributed by atoms with van der Waals surface area (Å²) in [5.74, 6) is 0.682. The van der Waals surface area contributed by atoms with E-state index in [2.05, 4.69) is 16.6 Å². The van der Waals surface area contributed by atoms with E-state index in [0.29, 0.717) is 5.57 Å². The van der Waals surface area contributed by atoms with Crippen molar-refractivity contribution in [3.8, 4) is 0 Å². The summed E-state index contributed by atoms with van der Waals surface area (Å²) in [5, 5.41) is 0. The van der Waals surface area contributed by atoms with Gasteiger partial charge in [0.15, 0.2) is 0 Å². The summed E-state index contributed by atoms with van der Waals surface area (Å²) >= 11 is 0. The van der Waals surface area contributed by atoms with Gasteiger partial charge in [0.25, 0.3) is 0 Å². The van der Waals surface area contributed by atoms with Gasteiger partial charge < -0.3 is 4.74 Å². The van der Waals surface area contributed by atoms with E-state index in [-0.39, 0.29) is 5.97 Å². The first-order chi connectivity index (χ1) is 7.67. The van der Waals surface area contributed by atoms with Gasteiger partial charge in [0.2, 0.25) is 0 Å². The number of carbonyl (C=O) groups is 1. The third-order valence-electron chi connectivity index (χ3n) is 2.92. The molecule has 0 aromatic rings. The maximum Gasteiger partial charge on any atom is 0.333 e. The highest BCUT2D eigenvalue weighted by atomic mass is 16.5. The van der Waals surface area contributed by atoms with Crippen LogP contribution in [0.1, 0.15) is 33.1 Å². The Morgan fingerprint density at radius 3 is 2.69 bits per heavy atom. The Bertz CT molecular complexity index is 257. The number of esters is 1. The summed E-state index contributed by atoms with van der Waals surface area (Å²) < 4.78 is 4.67. The number of nitrogens with zero attached hydrogens (tertiary/aromatic N) is 1. The highest BCUT2D eigenvalue weighted by molar-refractivity contribution is 5.87. The van der Waals surface area contributed by atoms with Crippen LogP contribution in [-0.4, -0.2) is 37.6 Å². The van der Waals surface area contributed by atoms with Crippen molar-refractivity contribution in [3.05, 3.63) is 11.6 Å². The van der Waals surface area contributed by atoms with Crippen molar-refractivity contribution in [1.29, 1.82) is 0 Å². The molecular formula is C13H23NO2. The van der Waals surface area contributed by atoms with Crippen molar-refractivity contribution in [2.45, 2.75) is 33.1 Å². The van der Waals surface area contributed by atoms with Crippen LogP contribution in [0.15, 0.2) is 11.6 Å². The second kappa shape index (κ2) is 6.69. The zero-order valence-corrected chi connectivity index (χ0v) is 10.7. The van der Waals surface area contributed by atoms with E-state index in [1.165, 1.54) is 26.5 Å². The second-order valence-corrected chi connectivity index (χ2v) is 4.58. The average Bonchev–Trinajstić information content (AvgIpc) is 3.08. The maximum absolute atomic E-state index is 11.2. The van der Waals surface area contributed by atoms with E-state index < -0.39 is 0 Å². The first-order valence-electron chi connectivity index (χ1n) is 6.14. The van der Waals surface area contributed by atoms with E-state index in [9.17, 15) is 4.79 Å². The van der Waals surface area contributed by atoms with Crippen LogP contribution in [0.4, 0.5) is 0 Å². The SMILES string of the molecule is CCCN(CC=C(C)C(=O)OC)CC1CC1. The van der Waals surface area contributed by atoms with Crippen LogP contribution in [0.5, 0.6) is 0 Å². The maximum atomic E-state index is 11.2. The van der Waals surface area contributed by atoms with Gasteiger partial charge in [0, 0.05) is 18.7 Å². The lowest BCUT2D eigenvalue weighted by Crippen LogP contribution is -2.27.